The Balaban J connectivity index is 1.65. The number of unbranched alkanes of at least 4 members (excludes halogenated alkanes) is 1. The number of nitrogens with zero attached hydrogens (tertiary/aromatic N) is 1. The number of rotatable bonds is 6. The molecule has 0 atom stereocenters. The second-order valence-corrected chi connectivity index (χ2v) is 7.18. The lowest BCUT2D eigenvalue weighted by molar-refractivity contribution is 0.304. The summed E-state index contributed by atoms with van der Waals surface area (Å²) >= 11 is 0. The Morgan fingerprint density at radius 1 is 1.12 bits per heavy atom. The molecule has 134 valence electrons. The summed E-state index contributed by atoms with van der Waals surface area (Å²) in [5, 5.41) is 0. The summed E-state index contributed by atoms with van der Waals surface area (Å²) in [5.41, 5.74) is 2.50. The van der Waals surface area contributed by atoms with Gasteiger partial charge in [-0.1, -0.05) is 32.3 Å². The Labute approximate surface area is 150 Å². The van der Waals surface area contributed by atoms with Crippen LogP contribution in [0.1, 0.15) is 63.4 Å². The third kappa shape index (κ3) is 4.39. The third-order valence-electron chi connectivity index (χ3n) is 5.52. The molecule has 0 spiro atoms. The minimum absolute atomic E-state index is 0.295. The number of aromatic nitrogens is 1. The second-order valence-electron chi connectivity index (χ2n) is 7.18. The monoisotopic (exact) mass is 341 g/mol. The highest BCUT2D eigenvalue weighted by Gasteiger charge is 2.22. The van der Waals surface area contributed by atoms with Gasteiger partial charge in [-0.15, -0.1) is 0 Å². The summed E-state index contributed by atoms with van der Waals surface area (Å²) < 4.78 is 19.3. The molecule has 3 rings (SSSR count). The molecule has 1 aliphatic rings. The Bertz CT molecular complexity index is 675. The summed E-state index contributed by atoms with van der Waals surface area (Å²) in [4.78, 5) is 4.53. The highest BCUT2D eigenvalue weighted by molar-refractivity contribution is 5.61. The van der Waals surface area contributed by atoms with E-state index in [1.165, 1.54) is 56.6 Å². The maximum atomic E-state index is 14.2. The van der Waals surface area contributed by atoms with Gasteiger partial charge in [-0.3, -0.25) is 4.98 Å². The zero-order valence-electron chi connectivity index (χ0n) is 15.3. The number of halogens is 1. The van der Waals surface area contributed by atoms with Crippen LogP contribution in [0, 0.1) is 11.7 Å². The van der Waals surface area contributed by atoms with E-state index >= 15 is 0 Å². The minimum Gasteiger partial charge on any atom is -0.497 e. The van der Waals surface area contributed by atoms with Gasteiger partial charge in [-0.05, 0) is 61.3 Å². The van der Waals surface area contributed by atoms with Crippen LogP contribution < -0.4 is 4.74 Å². The first-order chi connectivity index (χ1) is 12.2. The predicted octanol–water partition coefficient (Wildman–Crippen LogP) is 6.36. The molecule has 0 N–H and O–H groups in total. The zero-order valence-corrected chi connectivity index (χ0v) is 15.3. The Morgan fingerprint density at radius 3 is 2.52 bits per heavy atom. The fraction of sp³-hybridized carbons (Fsp3) is 0.500. The third-order valence-corrected chi connectivity index (χ3v) is 5.52. The van der Waals surface area contributed by atoms with Gasteiger partial charge >= 0.3 is 0 Å². The van der Waals surface area contributed by atoms with E-state index < -0.39 is 0 Å². The van der Waals surface area contributed by atoms with Gasteiger partial charge in [-0.25, -0.2) is 4.39 Å². The fourth-order valence-corrected chi connectivity index (χ4v) is 3.91. The van der Waals surface area contributed by atoms with Gasteiger partial charge < -0.3 is 4.74 Å². The van der Waals surface area contributed by atoms with Crippen LogP contribution in [0.5, 0.6) is 5.75 Å². The lowest BCUT2D eigenvalue weighted by Crippen LogP contribution is -2.13. The van der Waals surface area contributed by atoms with Crippen LogP contribution in [0.2, 0.25) is 0 Å². The van der Waals surface area contributed by atoms with Gasteiger partial charge in [-0.2, -0.15) is 0 Å². The number of ether oxygens (including phenoxy) is 1. The van der Waals surface area contributed by atoms with Crippen LogP contribution in [-0.2, 0) is 0 Å². The van der Waals surface area contributed by atoms with Crippen molar-refractivity contribution in [2.45, 2.75) is 57.8 Å². The van der Waals surface area contributed by atoms with Gasteiger partial charge in [0.25, 0.3) is 0 Å². The molecule has 1 fully saturated rings. The highest BCUT2D eigenvalue weighted by Crippen LogP contribution is 2.38. The van der Waals surface area contributed by atoms with E-state index in [1.54, 1.807) is 19.2 Å². The fourth-order valence-electron chi connectivity index (χ4n) is 3.91. The molecule has 0 bridgehead atoms. The first kappa shape index (κ1) is 17.9. The van der Waals surface area contributed by atoms with Crippen molar-refractivity contribution in [2.75, 3.05) is 7.11 Å². The molecule has 0 saturated heterocycles. The van der Waals surface area contributed by atoms with Crippen LogP contribution in [0.3, 0.4) is 0 Å². The molecule has 0 unspecified atom stereocenters. The Hall–Kier alpha value is -1.90. The molecule has 1 aliphatic carbocycles. The molecule has 0 amide bonds. The van der Waals surface area contributed by atoms with Crippen LogP contribution >= 0.6 is 0 Å². The second kappa shape index (κ2) is 8.46. The van der Waals surface area contributed by atoms with E-state index in [-0.39, 0.29) is 5.82 Å². The van der Waals surface area contributed by atoms with Gasteiger partial charge in [0.15, 0.2) is 0 Å². The van der Waals surface area contributed by atoms with Crippen LogP contribution in [0.4, 0.5) is 4.39 Å². The predicted molar refractivity (Wildman–Crippen MR) is 100 cm³/mol. The highest BCUT2D eigenvalue weighted by atomic mass is 19.1. The number of benzene rings is 1. The number of hydrogen-bond donors (Lipinski definition) is 0. The SMILES string of the molecule is CCCC[C@H]1CC[C@H](c2ccc(-c3ccc(OC)cc3F)nc2)CC1. The molecule has 1 aromatic heterocycles. The normalized spacial score (nSPS) is 20.4. The number of hydrogen-bond acceptors (Lipinski definition) is 2. The largest absolute Gasteiger partial charge is 0.497 e. The molecule has 1 saturated carbocycles. The molecule has 1 heterocycles. The Morgan fingerprint density at radius 2 is 1.92 bits per heavy atom. The molecule has 2 aromatic rings. The van der Waals surface area contributed by atoms with Crippen molar-refractivity contribution in [1.82, 2.24) is 4.98 Å². The molecule has 1 aromatic carbocycles. The summed E-state index contributed by atoms with van der Waals surface area (Å²) in [6.07, 6.45) is 11.2. The zero-order chi connectivity index (χ0) is 17.6. The maximum absolute atomic E-state index is 14.2. The average molecular weight is 341 g/mol. The van der Waals surface area contributed by atoms with E-state index in [1.807, 2.05) is 12.3 Å². The van der Waals surface area contributed by atoms with Crippen molar-refractivity contribution < 1.29 is 9.13 Å². The van der Waals surface area contributed by atoms with Crippen molar-refractivity contribution in [3.8, 4) is 17.0 Å². The molecule has 25 heavy (non-hydrogen) atoms. The van der Waals surface area contributed by atoms with Crippen LogP contribution in [0.25, 0.3) is 11.3 Å². The minimum atomic E-state index is -0.295. The Kier molecular flexibility index (Phi) is 6.06. The van der Waals surface area contributed by atoms with E-state index in [0.717, 1.165) is 5.92 Å². The lowest BCUT2D eigenvalue weighted by Gasteiger charge is -2.28. The summed E-state index contributed by atoms with van der Waals surface area (Å²) in [5.74, 6) is 1.76. The molecule has 0 radical (unpaired) electrons. The van der Waals surface area contributed by atoms with Gasteiger partial charge in [0.2, 0.25) is 0 Å². The quantitative estimate of drug-likeness (QED) is 0.610. The van der Waals surface area contributed by atoms with Crippen molar-refractivity contribution in [1.29, 1.82) is 0 Å². The smallest absolute Gasteiger partial charge is 0.136 e. The molecule has 3 heteroatoms. The van der Waals surface area contributed by atoms with Gasteiger partial charge in [0, 0.05) is 17.8 Å². The maximum Gasteiger partial charge on any atom is 0.136 e. The summed E-state index contributed by atoms with van der Waals surface area (Å²) in [7, 11) is 1.54. The lowest BCUT2D eigenvalue weighted by atomic mass is 9.77. The van der Waals surface area contributed by atoms with Crippen molar-refractivity contribution in [3.63, 3.8) is 0 Å². The van der Waals surface area contributed by atoms with Crippen molar-refractivity contribution in [3.05, 3.63) is 47.9 Å². The number of pyridine rings is 1. The number of methoxy groups -OCH3 is 1. The van der Waals surface area contributed by atoms with Crippen LogP contribution in [-0.4, -0.2) is 12.1 Å². The van der Waals surface area contributed by atoms with Gasteiger partial charge in [0.05, 0.1) is 12.8 Å². The van der Waals surface area contributed by atoms with E-state index in [2.05, 4.69) is 18.0 Å². The molecular formula is C22H28FNO. The topological polar surface area (TPSA) is 22.1 Å². The van der Waals surface area contributed by atoms with Crippen molar-refractivity contribution in [2.24, 2.45) is 5.92 Å². The van der Waals surface area contributed by atoms with E-state index in [9.17, 15) is 4.39 Å². The van der Waals surface area contributed by atoms with Crippen LogP contribution in [0.15, 0.2) is 36.5 Å². The standard InChI is InChI=1S/C22H28FNO/c1-3-4-5-16-6-8-17(9-7-16)18-10-13-22(24-15-18)20-12-11-19(25-2)14-21(20)23/h10-17H,3-9H2,1-2H3/t16-,17-. The first-order valence-corrected chi connectivity index (χ1v) is 9.51. The van der Waals surface area contributed by atoms with E-state index in [4.69, 9.17) is 4.74 Å². The molecular weight excluding hydrogens is 313 g/mol. The van der Waals surface area contributed by atoms with E-state index in [0.29, 0.717) is 22.9 Å². The molecule has 0 aliphatic heterocycles. The average Bonchev–Trinajstić information content (AvgIpc) is 2.67. The van der Waals surface area contributed by atoms with Crippen molar-refractivity contribution >= 4 is 0 Å². The van der Waals surface area contributed by atoms with Gasteiger partial charge in [0.1, 0.15) is 11.6 Å². The first-order valence-electron chi connectivity index (χ1n) is 9.51. The molecule has 2 nitrogen and oxygen atoms in total. The summed E-state index contributed by atoms with van der Waals surface area (Å²) in [6.45, 7) is 2.27. The summed E-state index contributed by atoms with van der Waals surface area (Å²) in [6, 6.07) is 8.98.